The zero-order valence-electron chi connectivity index (χ0n) is 12.4. The first-order valence-corrected chi connectivity index (χ1v) is 8.74. The van der Waals surface area contributed by atoms with E-state index in [4.69, 9.17) is 16.3 Å². The minimum absolute atomic E-state index is 0.0704. The van der Waals surface area contributed by atoms with Crippen molar-refractivity contribution < 1.29 is 13.2 Å². The first-order valence-electron chi connectivity index (χ1n) is 6.87. The van der Waals surface area contributed by atoms with Crippen molar-refractivity contribution in [2.24, 2.45) is 0 Å². The van der Waals surface area contributed by atoms with E-state index in [0.29, 0.717) is 5.02 Å². The molecule has 0 aromatic heterocycles. The Morgan fingerprint density at radius 1 is 1.14 bits per heavy atom. The van der Waals surface area contributed by atoms with Gasteiger partial charge in [0, 0.05) is 11.6 Å². The molecule has 0 aliphatic heterocycles. The van der Waals surface area contributed by atoms with Crippen LogP contribution in [0.25, 0.3) is 0 Å². The van der Waals surface area contributed by atoms with E-state index < -0.39 is 10.0 Å². The standard InChI is InChI=1S/C16H18ClNO3S/c1-12(2)21-15-5-3-4-13(10-15)11-18-22(19,20)16-8-6-14(17)7-9-16/h3-10,12,18H,11H2,1-2H3. The van der Waals surface area contributed by atoms with Gasteiger partial charge < -0.3 is 4.74 Å². The third-order valence-corrected chi connectivity index (χ3v) is 4.53. The summed E-state index contributed by atoms with van der Waals surface area (Å²) >= 11 is 5.76. The highest BCUT2D eigenvalue weighted by molar-refractivity contribution is 7.89. The minimum atomic E-state index is -3.56. The summed E-state index contributed by atoms with van der Waals surface area (Å²) in [6, 6.07) is 13.4. The van der Waals surface area contributed by atoms with Gasteiger partial charge in [-0.25, -0.2) is 13.1 Å². The monoisotopic (exact) mass is 339 g/mol. The lowest BCUT2D eigenvalue weighted by atomic mass is 10.2. The summed E-state index contributed by atoms with van der Waals surface area (Å²) in [5.41, 5.74) is 0.829. The third kappa shape index (κ3) is 4.73. The molecule has 2 aromatic carbocycles. The van der Waals surface area contributed by atoms with Gasteiger partial charge in [-0.3, -0.25) is 0 Å². The molecule has 0 heterocycles. The Morgan fingerprint density at radius 3 is 2.45 bits per heavy atom. The normalized spacial score (nSPS) is 11.6. The van der Waals surface area contributed by atoms with Gasteiger partial charge in [0.2, 0.25) is 10.0 Å². The smallest absolute Gasteiger partial charge is 0.240 e. The van der Waals surface area contributed by atoms with Crippen molar-refractivity contribution in [3.05, 3.63) is 59.1 Å². The predicted octanol–water partition coefficient (Wildman–Crippen LogP) is 3.61. The summed E-state index contributed by atoms with van der Waals surface area (Å²) in [6.07, 6.45) is 0.0704. The molecule has 118 valence electrons. The van der Waals surface area contributed by atoms with Crippen molar-refractivity contribution >= 4 is 21.6 Å². The molecule has 4 nitrogen and oxygen atoms in total. The second-order valence-corrected chi connectivity index (χ2v) is 7.30. The van der Waals surface area contributed by atoms with Crippen molar-refractivity contribution in [1.29, 1.82) is 0 Å². The topological polar surface area (TPSA) is 55.4 Å². The van der Waals surface area contributed by atoms with Gasteiger partial charge in [-0.05, 0) is 55.8 Å². The summed E-state index contributed by atoms with van der Waals surface area (Å²) < 4.78 is 32.5. The number of sulfonamides is 1. The van der Waals surface area contributed by atoms with Crippen molar-refractivity contribution in [3.8, 4) is 5.75 Å². The van der Waals surface area contributed by atoms with Crippen LogP contribution in [0.2, 0.25) is 5.02 Å². The van der Waals surface area contributed by atoms with Crippen LogP contribution < -0.4 is 9.46 Å². The Hall–Kier alpha value is -1.56. The summed E-state index contributed by atoms with van der Waals surface area (Å²) in [5, 5.41) is 0.498. The highest BCUT2D eigenvalue weighted by Gasteiger charge is 2.13. The minimum Gasteiger partial charge on any atom is -0.491 e. The van der Waals surface area contributed by atoms with Gasteiger partial charge in [0.05, 0.1) is 11.0 Å². The van der Waals surface area contributed by atoms with Crippen LogP contribution in [0.1, 0.15) is 19.4 Å². The molecule has 6 heteroatoms. The Bertz CT molecular complexity index is 727. The molecule has 2 aromatic rings. The zero-order valence-corrected chi connectivity index (χ0v) is 14.0. The molecule has 0 fully saturated rings. The first kappa shape index (κ1) is 16.8. The van der Waals surface area contributed by atoms with Crippen molar-refractivity contribution in [1.82, 2.24) is 4.72 Å². The van der Waals surface area contributed by atoms with Crippen LogP contribution in [0.15, 0.2) is 53.4 Å². The van der Waals surface area contributed by atoms with Crippen LogP contribution >= 0.6 is 11.6 Å². The molecule has 22 heavy (non-hydrogen) atoms. The fourth-order valence-corrected chi connectivity index (χ4v) is 3.02. The Labute approximate surface area is 136 Å². The summed E-state index contributed by atoms with van der Waals surface area (Å²) in [6.45, 7) is 4.08. The van der Waals surface area contributed by atoms with Gasteiger partial charge in [0.15, 0.2) is 0 Å². The van der Waals surface area contributed by atoms with E-state index in [1.165, 1.54) is 12.1 Å². The van der Waals surface area contributed by atoms with E-state index >= 15 is 0 Å². The number of hydrogen-bond acceptors (Lipinski definition) is 3. The zero-order chi connectivity index (χ0) is 16.2. The van der Waals surface area contributed by atoms with Crippen LogP contribution in [-0.4, -0.2) is 14.5 Å². The lowest BCUT2D eigenvalue weighted by Crippen LogP contribution is -2.23. The van der Waals surface area contributed by atoms with Crippen molar-refractivity contribution in [2.45, 2.75) is 31.4 Å². The van der Waals surface area contributed by atoms with E-state index in [9.17, 15) is 8.42 Å². The van der Waals surface area contributed by atoms with Crippen molar-refractivity contribution in [2.75, 3.05) is 0 Å². The van der Waals surface area contributed by atoms with Gasteiger partial charge in [-0.1, -0.05) is 23.7 Å². The fourth-order valence-electron chi connectivity index (χ4n) is 1.88. The van der Waals surface area contributed by atoms with Crippen LogP contribution in [0.4, 0.5) is 0 Å². The van der Waals surface area contributed by atoms with Gasteiger partial charge in [0.1, 0.15) is 5.75 Å². The first-order chi connectivity index (χ1) is 10.4. The SMILES string of the molecule is CC(C)Oc1cccc(CNS(=O)(=O)c2ccc(Cl)cc2)c1. The molecule has 0 saturated heterocycles. The Kier molecular flexibility index (Phi) is 5.45. The molecule has 0 spiro atoms. The highest BCUT2D eigenvalue weighted by atomic mass is 35.5. The van der Waals surface area contributed by atoms with Crippen LogP contribution in [0, 0.1) is 0 Å². The number of benzene rings is 2. The molecule has 2 rings (SSSR count). The second kappa shape index (κ2) is 7.13. The average Bonchev–Trinajstić information content (AvgIpc) is 2.45. The largest absolute Gasteiger partial charge is 0.491 e. The maximum Gasteiger partial charge on any atom is 0.240 e. The molecule has 1 N–H and O–H groups in total. The number of rotatable bonds is 6. The molecule has 0 saturated carbocycles. The van der Waals surface area contributed by atoms with Gasteiger partial charge in [0.25, 0.3) is 0 Å². The molecular weight excluding hydrogens is 322 g/mol. The highest BCUT2D eigenvalue weighted by Crippen LogP contribution is 2.17. The van der Waals surface area contributed by atoms with Crippen LogP contribution in [0.5, 0.6) is 5.75 Å². The van der Waals surface area contributed by atoms with Crippen LogP contribution in [-0.2, 0) is 16.6 Å². The second-order valence-electron chi connectivity index (χ2n) is 5.09. The van der Waals surface area contributed by atoms with Gasteiger partial charge >= 0.3 is 0 Å². The predicted molar refractivity (Wildman–Crippen MR) is 87.7 cm³/mol. The fraction of sp³-hybridized carbons (Fsp3) is 0.250. The summed E-state index contributed by atoms with van der Waals surface area (Å²) in [4.78, 5) is 0.187. The lowest BCUT2D eigenvalue weighted by molar-refractivity contribution is 0.242. The molecule has 0 bridgehead atoms. The molecule has 0 unspecified atom stereocenters. The number of hydrogen-bond donors (Lipinski definition) is 1. The molecule has 0 atom stereocenters. The summed E-state index contributed by atoms with van der Waals surface area (Å²) in [5.74, 6) is 0.721. The van der Waals surface area contributed by atoms with E-state index in [-0.39, 0.29) is 17.5 Å². The maximum absolute atomic E-state index is 12.2. The van der Waals surface area contributed by atoms with E-state index in [0.717, 1.165) is 11.3 Å². The molecule has 0 amide bonds. The third-order valence-electron chi connectivity index (χ3n) is 2.86. The number of halogens is 1. The molecule has 0 aliphatic carbocycles. The number of ether oxygens (including phenoxy) is 1. The quantitative estimate of drug-likeness (QED) is 0.874. The van der Waals surface area contributed by atoms with E-state index in [2.05, 4.69) is 4.72 Å². The maximum atomic E-state index is 12.2. The molecule has 0 aliphatic rings. The van der Waals surface area contributed by atoms with E-state index in [1.807, 2.05) is 38.1 Å². The Balaban J connectivity index is 2.07. The van der Waals surface area contributed by atoms with Crippen LogP contribution in [0.3, 0.4) is 0 Å². The molecular formula is C16H18ClNO3S. The van der Waals surface area contributed by atoms with Gasteiger partial charge in [-0.2, -0.15) is 0 Å². The summed E-state index contributed by atoms with van der Waals surface area (Å²) in [7, 11) is -3.56. The molecule has 0 radical (unpaired) electrons. The lowest BCUT2D eigenvalue weighted by Gasteiger charge is -2.11. The van der Waals surface area contributed by atoms with Gasteiger partial charge in [-0.15, -0.1) is 0 Å². The van der Waals surface area contributed by atoms with E-state index in [1.54, 1.807) is 12.1 Å². The Morgan fingerprint density at radius 2 is 1.82 bits per heavy atom. The van der Waals surface area contributed by atoms with Crippen molar-refractivity contribution in [3.63, 3.8) is 0 Å². The number of nitrogens with one attached hydrogen (secondary N) is 1. The average molecular weight is 340 g/mol.